The number of para-hydroxylation sites is 1. The molecule has 1 aromatic heterocycles. The summed E-state index contributed by atoms with van der Waals surface area (Å²) in [4.78, 5) is 26.1. The third kappa shape index (κ3) is 4.54. The van der Waals surface area contributed by atoms with Crippen LogP contribution in [-0.4, -0.2) is 47.0 Å². The highest BCUT2D eigenvalue weighted by Crippen LogP contribution is 2.19. The van der Waals surface area contributed by atoms with Crippen LogP contribution in [0.25, 0.3) is 0 Å². The van der Waals surface area contributed by atoms with Crippen molar-refractivity contribution in [2.45, 2.75) is 13.8 Å². The van der Waals surface area contributed by atoms with Gasteiger partial charge in [0.15, 0.2) is 0 Å². The fraction of sp³-hybridized carbons (Fsp3) is 0.261. The first-order valence-electron chi connectivity index (χ1n) is 9.87. The van der Waals surface area contributed by atoms with E-state index in [0.717, 1.165) is 24.5 Å². The van der Waals surface area contributed by atoms with Crippen molar-refractivity contribution in [3.63, 3.8) is 0 Å². The SMILES string of the molecule is Cc1cccc(N2CCN(C(=O)c3cc(C)nc(Nc4ccccc4)n3)CC2)c1. The van der Waals surface area contributed by atoms with E-state index < -0.39 is 0 Å². The average molecular weight is 387 g/mol. The molecule has 0 aliphatic carbocycles. The molecule has 1 aliphatic rings. The van der Waals surface area contributed by atoms with Crippen molar-refractivity contribution in [2.24, 2.45) is 0 Å². The minimum Gasteiger partial charge on any atom is -0.368 e. The summed E-state index contributed by atoms with van der Waals surface area (Å²) in [5, 5.41) is 3.18. The van der Waals surface area contributed by atoms with Crippen LogP contribution >= 0.6 is 0 Å². The standard InChI is InChI=1S/C23H25N5O/c1-17-7-6-10-20(15-17)27-11-13-28(14-12-27)22(29)21-16-18(2)24-23(26-21)25-19-8-4-3-5-9-19/h3-10,15-16H,11-14H2,1-2H3,(H,24,25,26). The Morgan fingerprint density at radius 1 is 0.897 bits per heavy atom. The number of hydrogen-bond donors (Lipinski definition) is 1. The first-order valence-corrected chi connectivity index (χ1v) is 9.87. The third-order valence-electron chi connectivity index (χ3n) is 5.04. The van der Waals surface area contributed by atoms with Gasteiger partial charge in [0.05, 0.1) is 0 Å². The van der Waals surface area contributed by atoms with Crippen LogP contribution < -0.4 is 10.2 Å². The highest BCUT2D eigenvalue weighted by Gasteiger charge is 2.24. The maximum absolute atomic E-state index is 13.0. The van der Waals surface area contributed by atoms with Gasteiger partial charge in [-0.15, -0.1) is 0 Å². The largest absolute Gasteiger partial charge is 0.368 e. The van der Waals surface area contributed by atoms with E-state index in [-0.39, 0.29) is 5.91 Å². The van der Waals surface area contributed by atoms with Gasteiger partial charge in [-0.1, -0.05) is 30.3 Å². The number of hydrogen-bond acceptors (Lipinski definition) is 5. The summed E-state index contributed by atoms with van der Waals surface area (Å²) in [6.07, 6.45) is 0. The van der Waals surface area contributed by atoms with Gasteiger partial charge >= 0.3 is 0 Å². The molecule has 6 nitrogen and oxygen atoms in total. The van der Waals surface area contributed by atoms with Gasteiger partial charge in [0.1, 0.15) is 5.69 Å². The summed E-state index contributed by atoms with van der Waals surface area (Å²) in [6, 6.07) is 20.0. The van der Waals surface area contributed by atoms with E-state index in [1.165, 1.54) is 11.3 Å². The smallest absolute Gasteiger partial charge is 0.272 e. The molecule has 29 heavy (non-hydrogen) atoms. The number of benzene rings is 2. The predicted octanol–water partition coefficient (Wildman–Crippen LogP) is 3.80. The minimum absolute atomic E-state index is 0.0458. The predicted molar refractivity (Wildman–Crippen MR) is 116 cm³/mol. The van der Waals surface area contributed by atoms with E-state index in [1.807, 2.05) is 42.2 Å². The Kier molecular flexibility index (Phi) is 5.42. The number of carbonyl (C=O) groups excluding carboxylic acids is 1. The lowest BCUT2D eigenvalue weighted by atomic mass is 10.2. The molecule has 1 aliphatic heterocycles. The van der Waals surface area contributed by atoms with Crippen LogP contribution in [0.15, 0.2) is 60.7 Å². The fourth-order valence-electron chi connectivity index (χ4n) is 3.54. The molecule has 0 spiro atoms. The van der Waals surface area contributed by atoms with Gasteiger partial charge in [0.25, 0.3) is 5.91 Å². The minimum atomic E-state index is -0.0458. The first-order chi connectivity index (χ1) is 14.1. The summed E-state index contributed by atoms with van der Waals surface area (Å²) in [5.41, 5.74) is 4.55. The molecule has 0 radical (unpaired) electrons. The molecule has 4 rings (SSSR count). The zero-order valence-corrected chi connectivity index (χ0v) is 16.8. The van der Waals surface area contributed by atoms with Crippen LogP contribution in [0.2, 0.25) is 0 Å². The van der Waals surface area contributed by atoms with E-state index in [4.69, 9.17) is 0 Å². The van der Waals surface area contributed by atoms with Crippen molar-refractivity contribution < 1.29 is 4.79 Å². The highest BCUT2D eigenvalue weighted by molar-refractivity contribution is 5.93. The number of nitrogens with zero attached hydrogens (tertiary/aromatic N) is 4. The summed E-state index contributed by atoms with van der Waals surface area (Å²) in [7, 11) is 0. The molecule has 148 valence electrons. The molecule has 0 atom stereocenters. The second-order valence-corrected chi connectivity index (χ2v) is 7.33. The first kappa shape index (κ1) is 18.9. The fourth-order valence-corrected chi connectivity index (χ4v) is 3.54. The van der Waals surface area contributed by atoms with Gasteiger partial charge in [-0.2, -0.15) is 0 Å². The number of amides is 1. The summed E-state index contributed by atoms with van der Waals surface area (Å²) in [5.74, 6) is 0.397. The molecule has 0 unspecified atom stereocenters. The van der Waals surface area contributed by atoms with Crippen LogP contribution in [0.3, 0.4) is 0 Å². The summed E-state index contributed by atoms with van der Waals surface area (Å²) in [6.45, 7) is 6.96. The van der Waals surface area contributed by atoms with Crippen LogP contribution in [0.5, 0.6) is 0 Å². The number of anilines is 3. The lowest BCUT2D eigenvalue weighted by Crippen LogP contribution is -2.49. The number of carbonyl (C=O) groups is 1. The number of piperazine rings is 1. The van der Waals surface area contributed by atoms with Gasteiger partial charge in [-0.3, -0.25) is 4.79 Å². The number of rotatable bonds is 4. The Morgan fingerprint density at radius 3 is 2.38 bits per heavy atom. The van der Waals surface area contributed by atoms with Crippen LogP contribution in [0, 0.1) is 13.8 Å². The molecule has 1 fully saturated rings. The van der Waals surface area contributed by atoms with Gasteiger partial charge in [-0.25, -0.2) is 9.97 Å². The maximum Gasteiger partial charge on any atom is 0.272 e. The van der Waals surface area contributed by atoms with E-state index in [0.29, 0.717) is 24.7 Å². The van der Waals surface area contributed by atoms with Crippen molar-refractivity contribution in [3.05, 3.63) is 77.6 Å². The van der Waals surface area contributed by atoms with Crippen LogP contribution in [-0.2, 0) is 0 Å². The molecule has 1 amide bonds. The summed E-state index contributed by atoms with van der Waals surface area (Å²) >= 11 is 0. The molecule has 1 N–H and O–H groups in total. The number of nitrogens with one attached hydrogen (secondary N) is 1. The Bertz CT molecular complexity index is 997. The lowest BCUT2D eigenvalue weighted by Gasteiger charge is -2.36. The monoisotopic (exact) mass is 387 g/mol. The van der Waals surface area contributed by atoms with Crippen molar-refractivity contribution in [1.29, 1.82) is 0 Å². The van der Waals surface area contributed by atoms with Crippen molar-refractivity contribution in [3.8, 4) is 0 Å². The Labute approximate surface area is 171 Å². The van der Waals surface area contributed by atoms with Crippen LogP contribution in [0.4, 0.5) is 17.3 Å². The van der Waals surface area contributed by atoms with E-state index in [1.54, 1.807) is 6.07 Å². The Balaban J connectivity index is 1.44. The lowest BCUT2D eigenvalue weighted by molar-refractivity contribution is 0.0740. The molecule has 2 heterocycles. The zero-order valence-electron chi connectivity index (χ0n) is 16.8. The normalized spacial score (nSPS) is 14.0. The number of aromatic nitrogens is 2. The van der Waals surface area contributed by atoms with E-state index >= 15 is 0 Å². The molecular weight excluding hydrogens is 362 g/mol. The van der Waals surface area contributed by atoms with Gasteiger partial charge in [-0.05, 0) is 49.7 Å². The second kappa shape index (κ2) is 8.31. The van der Waals surface area contributed by atoms with Gasteiger partial charge in [0, 0.05) is 43.2 Å². The van der Waals surface area contributed by atoms with Crippen LogP contribution in [0.1, 0.15) is 21.7 Å². The molecule has 0 bridgehead atoms. The molecule has 0 saturated carbocycles. The van der Waals surface area contributed by atoms with Gasteiger partial charge in [0.2, 0.25) is 5.95 Å². The highest BCUT2D eigenvalue weighted by atomic mass is 16.2. The van der Waals surface area contributed by atoms with Crippen molar-refractivity contribution in [1.82, 2.24) is 14.9 Å². The van der Waals surface area contributed by atoms with E-state index in [2.05, 4.69) is 51.4 Å². The maximum atomic E-state index is 13.0. The molecule has 1 saturated heterocycles. The topological polar surface area (TPSA) is 61.4 Å². The van der Waals surface area contributed by atoms with Crippen molar-refractivity contribution >= 4 is 23.2 Å². The number of aryl methyl sites for hydroxylation is 2. The zero-order chi connectivity index (χ0) is 20.2. The molecule has 6 heteroatoms. The quantitative estimate of drug-likeness (QED) is 0.738. The average Bonchev–Trinajstić information content (AvgIpc) is 2.74. The van der Waals surface area contributed by atoms with Gasteiger partial charge < -0.3 is 15.1 Å². The molecule has 2 aromatic carbocycles. The Morgan fingerprint density at radius 2 is 1.66 bits per heavy atom. The van der Waals surface area contributed by atoms with E-state index in [9.17, 15) is 4.79 Å². The third-order valence-corrected chi connectivity index (χ3v) is 5.04. The van der Waals surface area contributed by atoms with Crippen molar-refractivity contribution in [2.75, 3.05) is 36.4 Å². The summed E-state index contributed by atoms with van der Waals surface area (Å²) < 4.78 is 0. The molecule has 3 aromatic rings. The second-order valence-electron chi connectivity index (χ2n) is 7.33. The Hall–Kier alpha value is -3.41. The molecular formula is C23H25N5O.